The number of aromatic nitrogens is 2. The second kappa shape index (κ2) is 5.81. The summed E-state index contributed by atoms with van der Waals surface area (Å²) in [6.07, 6.45) is 2.08. The van der Waals surface area contributed by atoms with Crippen LogP contribution in [0.15, 0.2) is 6.07 Å². The maximum absolute atomic E-state index is 5.57. The van der Waals surface area contributed by atoms with Crippen molar-refractivity contribution in [2.24, 2.45) is 0 Å². The highest BCUT2D eigenvalue weighted by atomic mass is 35.5. The van der Waals surface area contributed by atoms with Crippen molar-refractivity contribution < 1.29 is 0 Å². The Morgan fingerprint density at radius 1 is 1.21 bits per heavy atom. The highest BCUT2D eigenvalue weighted by Crippen LogP contribution is 2.03. The second-order valence-corrected chi connectivity index (χ2v) is 3.68. The summed E-state index contributed by atoms with van der Waals surface area (Å²) in [6.45, 7) is 4.83. The molecule has 0 unspecified atom stereocenters. The van der Waals surface area contributed by atoms with E-state index in [2.05, 4.69) is 15.3 Å². The van der Waals surface area contributed by atoms with Gasteiger partial charge in [-0.3, -0.25) is 0 Å². The van der Waals surface area contributed by atoms with Crippen molar-refractivity contribution in [3.63, 3.8) is 0 Å². The second-order valence-electron chi connectivity index (χ2n) is 3.30. The Kier molecular flexibility index (Phi) is 4.66. The van der Waals surface area contributed by atoms with Crippen LogP contribution in [0.2, 0.25) is 0 Å². The van der Waals surface area contributed by atoms with Gasteiger partial charge in [0.2, 0.25) is 5.95 Å². The molecule has 1 heterocycles. The van der Waals surface area contributed by atoms with E-state index in [1.54, 1.807) is 0 Å². The molecule has 0 amide bonds. The molecule has 14 heavy (non-hydrogen) atoms. The van der Waals surface area contributed by atoms with Crippen molar-refractivity contribution in [3.8, 4) is 0 Å². The van der Waals surface area contributed by atoms with Gasteiger partial charge in [0.15, 0.2) is 0 Å². The van der Waals surface area contributed by atoms with Crippen molar-refractivity contribution >= 4 is 17.5 Å². The Morgan fingerprint density at radius 3 is 2.43 bits per heavy atom. The molecule has 1 aromatic heterocycles. The summed E-state index contributed by atoms with van der Waals surface area (Å²) >= 11 is 5.57. The fourth-order valence-corrected chi connectivity index (χ4v) is 1.41. The zero-order valence-corrected chi connectivity index (χ0v) is 9.43. The topological polar surface area (TPSA) is 37.8 Å². The number of halogens is 1. The molecule has 0 fully saturated rings. The first-order chi connectivity index (χ1) is 6.72. The monoisotopic (exact) mass is 213 g/mol. The third-order valence-corrected chi connectivity index (χ3v) is 2.09. The first kappa shape index (κ1) is 11.2. The minimum Gasteiger partial charge on any atom is -0.354 e. The van der Waals surface area contributed by atoms with Crippen LogP contribution in [0.3, 0.4) is 0 Å². The largest absolute Gasteiger partial charge is 0.354 e. The van der Waals surface area contributed by atoms with Crippen LogP contribution in [0.25, 0.3) is 0 Å². The number of unbranched alkanes of at least 4 members (excludes halogenated alkanes) is 1. The number of alkyl halides is 1. The van der Waals surface area contributed by atoms with E-state index in [0.717, 1.165) is 42.6 Å². The average Bonchev–Trinajstić information content (AvgIpc) is 2.11. The van der Waals surface area contributed by atoms with Crippen LogP contribution in [0.5, 0.6) is 0 Å². The van der Waals surface area contributed by atoms with Crippen LogP contribution < -0.4 is 5.32 Å². The van der Waals surface area contributed by atoms with Gasteiger partial charge >= 0.3 is 0 Å². The number of hydrogen-bond acceptors (Lipinski definition) is 3. The number of nitrogens with zero attached hydrogens (tertiary/aromatic N) is 2. The zero-order valence-electron chi connectivity index (χ0n) is 8.68. The summed E-state index contributed by atoms with van der Waals surface area (Å²) in [5.41, 5.74) is 2.00. The molecule has 3 nitrogen and oxygen atoms in total. The van der Waals surface area contributed by atoms with Gasteiger partial charge in [0, 0.05) is 23.8 Å². The summed E-state index contributed by atoms with van der Waals surface area (Å²) < 4.78 is 0. The van der Waals surface area contributed by atoms with E-state index in [4.69, 9.17) is 11.6 Å². The van der Waals surface area contributed by atoms with Gasteiger partial charge in [0.05, 0.1) is 0 Å². The number of anilines is 1. The molecule has 78 valence electrons. The van der Waals surface area contributed by atoms with E-state index in [0.29, 0.717) is 0 Å². The van der Waals surface area contributed by atoms with E-state index in [-0.39, 0.29) is 0 Å². The van der Waals surface area contributed by atoms with E-state index < -0.39 is 0 Å². The van der Waals surface area contributed by atoms with Crippen molar-refractivity contribution in [2.45, 2.75) is 26.7 Å². The maximum Gasteiger partial charge on any atom is 0.223 e. The van der Waals surface area contributed by atoms with Gasteiger partial charge in [0.1, 0.15) is 0 Å². The lowest BCUT2D eigenvalue weighted by atomic mass is 10.3. The first-order valence-corrected chi connectivity index (χ1v) is 5.38. The van der Waals surface area contributed by atoms with E-state index in [1.807, 2.05) is 19.9 Å². The fourth-order valence-electron chi connectivity index (χ4n) is 1.22. The van der Waals surface area contributed by atoms with Gasteiger partial charge in [0.25, 0.3) is 0 Å². The average molecular weight is 214 g/mol. The lowest BCUT2D eigenvalue weighted by Crippen LogP contribution is -2.06. The third-order valence-electron chi connectivity index (χ3n) is 1.83. The molecule has 0 saturated heterocycles. The molecule has 0 aromatic carbocycles. The van der Waals surface area contributed by atoms with E-state index in [9.17, 15) is 0 Å². The summed E-state index contributed by atoms with van der Waals surface area (Å²) in [5.74, 6) is 1.44. The molecule has 0 aliphatic rings. The Morgan fingerprint density at radius 2 is 1.86 bits per heavy atom. The molecule has 0 atom stereocenters. The molecule has 0 radical (unpaired) electrons. The molecule has 1 rings (SSSR count). The predicted octanol–water partition coefficient (Wildman–Crippen LogP) is 2.52. The van der Waals surface area contributed by atoms with Crippen LogP contribution in [-0.2, 0) is 0 Å². The SMILES string of the molecule is Cc1cc(C)nc(NCCCCCl)n1. The fraction of sp³-hybridized carbons (Fsp3) is 0.600. The Bertz CT molecular complexity index is 268. The predicted molar refractivity (Wildman–Crippen MR) is 59.9 cm³/mol. The van der Waals surface area contributed by atoms with Crippen LogP contribution in [-0.4, -0.2) is 22.4 Å². The number of nitrogens with one attached hydrogen (secondary N) is 1. The van der Waals surface area contributed by atoms with Crippen molar-refractivity contribution in [2.75, 3.05) is 17.7 Å². The molecule has 0 aliphatic heterocycles. The van der Waals surface area contributed by atoms with Crippen molar-refractivity contribution in [3.05, 3.63) is 17.5 Å². The van der Waals surface area contributed by atoms with Crippen LogP contribution in [0.1, 0.15) is 24.2 Å². The first-order valence-electron chi connectivity index (χ1n) is 4.84. The summed E-state index contributed by atoms with van der Waals surface area (Å²) in [5, 5.41) is 3.18. The van der Waals surface area contributed by atoms with Gasteiger partial charge in [-0.15, -0.1) is 11.6 Å². The van der Waals surface area contributed by atoms with E-state index >= 15 is 0 Å². The summed E-state index contributed by atoms with van der Waals surface area (Å²) in [6, 6.07) is 1.96. The zero-order chi connectivity index (χ0) is 10.4. The highest BCUT2D eigenvalue weighted by Gasteiger charge is 1.97. The van der Waals surface area contributed by atoms with Gasteiger partial charge in [-0.2, -0.15) is 0 Å². The van der Waals surface area contributed by atoms with Gasteiger partial charge in [-0.05, 0) is 32.8 Å². The van der Waals surface area contributed by atoms with E-state index in [1.165, 1.54) is 0 Å². The molecular weight excluding hydrogens is 198 g/mol. The summed E-state index contributed by atoms with van der Waals surface area (Å²) in [7, 11) is 0. The number of aryl methyl sites for hydroxylation is 2. The third kappa shape index (κ3) is 3.92. The van der Waals surface area contributed by atoms with Gasteiger partial charge in [-0.1, -0.05) is 0 Å². The molecule has 0 spiro atoms. The Hall–Kier alpha value is -0.830. The van der Waals surface area contributed by atoms with Crippen LogP contribution >= 0.6 is 11.6 Å². The summed E-state index contributed by atoms with van der Waals surface area (Å²) in [4.78, 5) is 8.55. The highest BCUT2D eigenvalue weighted by molar-refractivity contribution is 6.17. The minimum absolute atomic E-state index is 0.718. The Labute approximate surface area is 89.9 Å². The molecule has 1 aromatic rings. The van der Waals surface area contributed by atoms with Crippen molar-refractivity contribution in [1.82, 2.24) is 9.97 Å². The maximum atomic E-state index is 5.57. The van der Waals surface area contributed by atoms with Gasteiger partial charge < -0.3 is 5.32 Å². The standard InChI is InChI=1S/C10H16ClN3/c1-8-7-9(2)14-10(13-8)12-6-4-3-5-11/h7H,3-6H2,1-2H3,(H,12,13,14). The Balaban J connectivity index is 2.42. The van der Waals surface area contributed by atoms with Gasteiger partial charge in [-0.25, -0.2) is 9.97 Å². The molecule has 4 heteroatoms. The normalized spacial score (nSPS) is 10.2. The minimum atomic E-state index is 0.718. The molecular formula is C10H16ClN3. The lowest BCUT2D eigenvalue weighted by Gasteiger charge is -2.05. The quantitative estimate of drug-likeness (QED) is 0.604. The van der Waals surface area contributed by atoms with Crippen LogP contribution in [0.4, 0.5) is 5.95 Å². The lowest BCUT2D eigenvalue weighted by molar-refractivity contribution is 0.828. The van der Waals surface area contributed by atoms with Crippen LogP contribution in [0, 0.1) is 13.8 Å². The number of rotatable bonds is 5. The van der Waals surface area contributed by atoms with Crippen molar-refractivity contribution in [1.29, 1.82) is 0 Å². The molecule has 1 N–H and O–H groups in total. The molecule has 0 aliphatic carbocycles. The smallest absolute Gasteiger partial charge is 0.223 e. The molecule has 0 bridgehead atoms. The molecule has 0 saturated carbocycles. The number of hydrogen-bond donors (Lipinski definition) is 1.